The third-order valence-corrected chi connectivity index (χ3v) is 5.06. The molecule has 8 nitrogen and oxygen atoms in total. The lowest BCUT2D eigenvalue weighted by Crippen LogP contribution is -2.55. The SMILES string of the molecule is CC(C)CCCCCC(=O)N[C@@H](CO)C(=O)NC(CC(C)C)C(=O)C1(CO)CO1. The van der Waals surface area contributed by atoms with Gasteiger partial charge in [0.15, 0.2) is 11.4 Å². The van der Waals surface area contributed by atoms with E-state index in [0.717, 1.165) is 25.7 Å². The highest BCUT2D eigenvalue weighted by molar-refractivity contribution is 5.98. The minimum absolute atomic E-state index is 0.117. The van der Waals surface area contributed by atoms with Crippen molar-refractivity contribution < 1.29 is 29.3 Å². The fourth-order valence-corrected chi connectivity index (χ4v) is 3.17. The molecule has 4 N–H and O–H groups in total. The normalized spacial score (nSPS) is 20.4. The van der Waals surface area contributed by atoms with Gasteiger partial charge in [0.2, 0.25) is 11.8 Å². The molecule has 0 radical (unpaired) electrons. The van der Waals surface area contributed by atoms with Crippen LogP contribution in [-0.2, 0) is 19.1 Å². The zero-order valence-electron chi connectivity index (χ0n) is 18.2. The van der Waals surface area contributed by atoms with Crippen LogP contribution < -0.4 is 10.6 Å². The highest BCUT2D eigenvalue weighted by Crippen LogP contribution is 2.30. The number of rotatable bonds is 15. The lowest BCUT2D eigenvalue weighted by Gasteiger charge is -2.24. The topological polar surface area (TPSA) is 128 Å². The molecular weight excluding hydrogens is 376 g/mol. The Balaban J connectivity index is 2.55. The highest BCUT2D eigenvalue weighted by Gasteiger charge is 2.54. The van der Waals surface area contributed by atoms with E-state index in [2.05, 4.69) is 24.5 Å². The van der Waals surface area contributed by atoms with Crippen LogP contribution in [0.2, 0.25) is 0 Å². The quantitative estimate of drug-likeness (QED) is 0.233. The van der Waals surface area contributed by atoms with Crippen LogP contribution in [0.4, 0.5) is 0 Å². The number of nitrogens with one attached hydrogen (secondary N) is 2. The number of ketones is 1. The zero-order valence-corrected chi connectivity index (χ0v) is 18.2. The number of unbranched alkanes of at least 4 members (excludes halogenated alkanes) is 2. The molecule has 0 bridgehead atoms. The summed E-state index contributed by atoms with van der Waals surface area (Å²) in [5.74, 6) is -0.540. The third kappa shape index (κ3) is 8.80. The predicted octanol–water partition coefficient (Wildman–Crippen LogP) is 0.931. The van der Waals surface area contributed by atoms with Crippen molar-refractivity contribution in [1.29, 1.82) is 0 Å². The minimum Gasteiger partial charge on any atom is -0.394 e. The summed E-state index contributed by atoms with van der Waals surface area (Å²) in [6, 6.07) is -1.97. The second-order valence-corrected chi connectivity index (χ2v) is 8.79. The molecule has 1 heterocycles. The largest absolute Gasteiger partial charge is 0.394 e. The fraction of sp³-hybridized carbons (Fsp3) is 0.857. The number of carbonyl (C=O) groups excluding carboxylic acids is 3. The van der Waals surface area contributed by atoms with E-state index in [-0.39, 0.29) is 30.6 Å². The molecule has 29 heavy (non-hydrogen) atoms. The van der Waals surface area contributed by atoms with Crippen molar-refractivity contribution in [3.05, 3.63) is 0 Å². The van der Waals surface area contributed by atoms with Crippen molar-refractivity contribution in [3.63, 3.8) is 0 Å². The molecule has 1 fully saturated rings. The highest BCUT2D eigenvalue weighted by atomic mass is 16.6. The molecule has 1 aliphatic rings. The summed E-state index contributed by atoms with van der Waals surface area (Å²) < 4.78 is 5.11. The molecule has 0 spiro atoms. The number of aliphatic hydroxyl groups excluding tert-OH is 2. The number of aliphatic hydroxyl groups is 2. The lowest BCUT2D eigenvalue weighted by atomic mass is 9.92. The predicted molar refractivity (Wildman–Crippen MR) is 109 cm³/mol. The van der Waals surface area contributed by atoms with E-state index in [4.69, 9.17) is 4.74 Å². The molecule has 0 aromatic rings. The second kappa shape index (κ2) is 12.2. The van der Waals surface area contributed by atoms with Gasteiger partial charge in [0, 0.05) is 6.42 Å². The number of Topliss-reactive ketones (excluding diaryl/α,β-unsaturated/α-hetero) is 1. The van der Waals surface area contributed by atoms with Crippen LogP contribution in [0.5, 0.6) is 0 Å². The Labute approximate surface area is 173 Å². The lowest BCUT2D eigenvalue weighted by molar-refractivity contribution is -0.134. The van der Waals surface area contributed by atoms with Crippen molar-refractivity contribution in [2.24, 2.45) is 11.8 Å². The van der Waals surface area contributed by atoms with Gasteiger partial charge < -0.3 is 25.6 Å². The van der Waals surface area contributed by atoms with Gasteiger partial charge >= 0.3 is 0 Å². The van der Waals surface area contributed by atoms with E-state index in [0.29, 0.717) is 12.3 Å². The van der Waals surface area contributed by atoms with Crippen LogP contribution in [-0.4, -0.2) is 65.3 Å². The Morgan fingerprint density at radius 3 is 2.10 bits per heavy atom. The molecule has 1 aliphatic heterocycles. The van der Waals surface area contributed by atoms with E-state index in [1.165, 1.54) is 0 Å². The number of hydrogen-bond donors (Lipinski definition) is 4. The first-order valence-electron chi connectivity index (χ1n) is 10.6. The standard InChI is InChI=1S/C21H38N2O6/c1-14(2)8-6-5-7-9-18(26)22-17(11-24)20(28)23-16(10-15(3)4)19(27)21(12-25)13-29-21/h14-17,24-25H,5-13H2,1-4H3,(H,22,26)(H,23,28)/t16?,17-,21?/m0/s1. The van der Waals surface area contributed by atoms with Crippen LogP contribution >= 0.6 is 0 Å². The summed E-state index contributed by atoms with van der Waals surface area (Å²) in [5.41, 5.74) is -1.24. The fourth-order valence-electron chi connectivity index (χ4n) is 3.17. The first kappa shape index (κ1) is 25.5. The van der Waals surface area contributed by atoms with Gasteiger partial charge in [-0.05, 0) is 24.7 Å². The molecule has 168 valence electrons. The third-order valence-electron chi connectivity index (χ3n) is 5.06. The van der Waals surface area contributed by atoms with E-state index < -0.39 is 36.8 Å². The number of hydrogen-bond acceptors (Lipinski definition) is 6. The van der Waals surface area contributed by atoms with Crippen molar-refractivity contribution >= 4 is 17.6 Å². The molecule has 2 unspecified atom stereocenters. The molecule has 1 saturated heterocycles. The van der Waals surface area contributed by atoms with E-state index in [1.807, 2.05) is 13.8 Å². The van der Waals surface area contributed by atoms with Gasteiger partial charge in [0.1, 0.15) is 6.04 Å². The summed E-state index contributed by atoms with van der Waals surface area (Å²) in [4.78, 5) is 37.3. The average Bonchev–Trinajstić information content (AvgIpc) is 3.45. The first-order chi connectivity index (χ1) is 13.6. The van der Waals surface area contributed by atoms with E-state index in [1.54, 1.807) is 0 Å². The van der Waals surface area contributed by atoms with Crippen LogP contribution in [0.15, 0.2) is 0 Å². The van der Waals surface area contributed by atoms with Gasteiger partial charge in [-0.2, -0.15) is 0 Å². The molecular formula is C21H38N2O6. The molecule has 8 heteroatoms. The van der Waals surface area contributed by atoms with Crippen LogP contribution in [0.1, 0.15) is 66.2 Å². The van der Waals surface area contributed by atoms with Gasteiger partial charge in [-0.1, -0.05) is 47.0 Å². The molecule has 3 atom stereocenters. The Hall–Kier alpha value is -1.51. The maximum absolute atomic E-state index is 12.7. The summed E-state index contributed by atoms with van der Waals surface area (Å²) in [5, 5.41) is 24.1. The molecule has 0 saturated carbocycles. The van der Waals surface area contributed by atoms with Gasteiger partial charge in [0.25, 0.3) is 0 Å². The van der Waals surface area contributed by atoms with Crippen molar-refractivity contribution in [2.45, 2.75) is 83.9 Å². The minimum atomic E-state index is -1.24. The first-order valence-corrected chi connectivity index (χ1v) is 10.6. The number of ether oxygens (including phenoxy) is 1. The average molecular weight is 415 g/mol. The van der Waals surface area contributed by atoms with Crippen LogP contribution in [0.3, 0.4) is 0 Å². The monoisotopic (exact) mass is 414 g/mol. The van der Waals surface area contributed by atoms with Gasteiger partial charge in [-0.3, -0.25) is 14.4 Å². The Kier molecular flexibility index (Phi) is 10.8. The molecule has 0 aliphatic carbocycles. The number of amides is 2. The van der Waals surface area contributed by atoms with Crippen LogP contribution in [0, 0.1) is 11.8 Å². The molecule has 1 rings (SSSR count). The van der Waals surface area contributed by atoms with Gasteiger partial charge in [-0.15, -0.1) is 0 Å². The zero-order chi connectivity index (χ0) is 22.0. The van der Waals surface area contributed by atoms with Crippen LogP contribution in [0.25, 0.3) is 0 Å². The second-order valence-electron chi connectivity index (χ2n) is 8.79. The number of epoxide rings is 1. The van der Waals surface area contributed by atoms with E-state index in [9.17, 15) is 24.6 Å². The Morgan fingerprint density at radius 2 is 1.62 bits per heavy atom. The summed E-state index contributed by atoms with van der Waals surface area (Å²) in [6.07, 6.45) is 4.50. The number of carbonyl (C=O) groups is 3. The maximum atomic E-state index is 12.7. The molecule has 2 amide bonds. The Morgan fingerprint density at radius 1 is 0.966 bits per heavy atom. The summed E-state index contributed by atoms with van der Waals surface area (Å²) in [7, 11) is 0. The maximum Gasteiger partial charge on any atom is 0.245 e. The smallest absolute Gasteiger partial charge is 0.245 e. The summed E-state index contributed by atoms with van der Waals surface area (Å²) in [6.45, 7) is 7.28. The molecule has 0 aromatic carbocycles. The van der Waals surface area contributed by atoms with Gasteiger partial charge in [-0.25, -0.2) is 0 Å². The van der Waals surface area contributed by atoms with Crippen molar-refractivity contribution in [2.75, 3.05) is 19.8 Å². The van der Waals surface area contributed by atoms with E-state index >= 15 is 0 Å². The van der Waals surface area contributed by atoms with Gasteiger partial charge in [0.05, 0.1) is 25.9 Å². The Bertz CT molecular complexity index is 545. The van der Waals surface area contributed by atoms with Crippen molar-refractivity contribution in [1.82, 2.24) is 10.6 Å². The molecule has 0 aromatic heterocycles. The summed E-state index contributed by atoms with van der Waals surface area (Å²) >= 11 is 0. The van der Waals surface area contributed by atoms with Crippen molar-refractivity contribution in [3.8, 4) is 0 Å².